The molecule has 1 aromatic heterocycles. The van der Waals surface area contributed by atoms with Crippen LogP contribution >= 0.6 is 24.0 Å². The molecule has 0 saturated carbocycles. The summed E-state index contributed by atoms with van der Waals surface area (Å²) in [6.45, 7) is 6.60. The van der Waals surface area contributed by atoms with Crippen LogP contribution < -0.4 is 15.0 Å². The van der Waals surface area contributed by atoms with Gasteiger partial charge in [0.2, 0.25) is 5.91 Å². The van der Waals surface area contributed by atoms with E-state index in [4.69, 9.17) is 4.74 Å². The second-order valence-corrected chi connectivity index (χ2v) is 6.71. The standard InChI is InChI=1S/C20H27FN6O2.HI/c1-4-22-20(23-11-15-6-7-18(29-5-2)17(21)10-15)26-8-9-27(19(28)14-26)16-12-24-25(3)13-16;/h6-7,10,12-13H,4-5,8-9,11,14H2,1-3H3,(H,22,23);1H. The number of guanidine groups is 1. The van der Waals surface area contributed by atoms with Gasteiger partial charge in [0, 0.05) is 32.9 Å². The number of amides is 1. The highest BCUT2D eigenvalue weighted by molar-refractivity contribution is 14.0. The Bertz CT molecular complexity index is 888. The Morgan fingerprint density at radius 3 is 2.73 bits per heavy atom. The fraction of sp³-hybridized carbons (Fsp3) is 0.450. The van der Waals surface area contributed by atoms with Crippen molar-refractivity contribution in [3.05, 3.63) is 42.0 Å². The minimum atomic E-state index is -0.398. The van der Waals surface area contributed by atoms with Crippen molar-refractivity contribution in [2.24, 2.45) is 12.0 Å². The molecule has 0 bridgehead atoms. The van der Waals surface area contributed by atoms with Crippen LogP contribution in [0.4, 0.5) is 10.1 Å². The molecule has 2 aromatic rings. The number of ether oxygens (including phenoxy) is 1. The Labute approximate surface area is 193 Å². The number of carbonyl (C=O) groups excluding carboxylic acids is 1. The summed E-state index contributed by atoms with van der Waals surface area (Å²) in [5.41, 5.74) is 1.53. The van der Waals surface area contributed by atoms with Gasteiger partial charge in [0.25, 0.3) is 0 Å². The number of anilines is 1. The normalized spacial score (nSPS) is 14.5. The van der Waals surface area contributed by atoms with Crippen LogP contribution in [0.1, 0.15) is 19.4 Å². The molecule has 164 valence electrons. The van der Waals surface area contributed by atoms with E-state index in [0.717, 1.165) is 11.3 Å². The third kappa shape index (κ3) is 5.83. The van der Waals surface area contributed by atoms with Gasteiger partial charge in [0.05, 0.1) is 25.0 Å². The molecule has 0 spiro atoms. The summed E-state index contributed by atoms with van der Waals surface area (Å²) in [4.78, 5) is 20.9. The Kier molecular flexibility index (Phi) is 8.88. The summed E-state index contributed by atoms with van der Waals surface area (Å²) >= 11 is 0. The van der Waals surface area contributed by atoms with Gasteiger partial charge in [0.1, 0.15) is 6.54 Å². The number of hydrogen-bond acceptors (Lipinski definition) is 4. The third-order valence-corrected chi connectivity index (χ3v) is 4.57. The Balaban J connectivity index is 0.00000320. The second kappa shape index (κ2) is 11.1. The van der Waals surface area contributed by atoms with E-state index in [1.807, 2.05) is 32.0 Å². The SMILES string of the molecule is CCNC(=NCc1ccc(OCC)c(F)c1)N1CCN(c2cnn(C)c2)C(=O)C1.I. The van der Waals surface area contributed by atoms with Crippen molar-refractivity contribution >= 4 is 41.5 Å². The first-order valence-electron chi connectivity index (χ1n) is 9.75. The molecule has 10 heteroatoms. The molecule has 1 aliphatic heterocycles. The lowest BCUT2D eigenvalue weighted by molar-refractivity contribution is -0.120. The average Bonchev–Trinajstić information content (AvgIpc) is 3.13. The third-order valence-electron chi connectivity index (χ3n) is 4.57. The quantitative estimate of drug-likeness (QED) is 0.353. The van der Waals surface area contributed by atoms with Crippen molar-refractivity contribution in [1.82, 2.24) is 20.0 Å². The lowest BCUT2D eigenvalue weighted by Gasteiger charge is -2.35. The van der Waals surface area contributed by atoms with E-state index < -0.39 is 5.82 Å². The maximum atomic E-state index is 14.1. The summed E-state index contributed by atoms with van der Waals surface area (Å²) in [6.07, 6.45) is 3.51. The van der Waals surface area contributed by atoms with Crippen LogP contribution in [0, 0.1) is 5.82 Å². The summed E-state index contributed by atoms with van der Waals surface area (Å²) in [6, 6.07) is 4.85. The van der Waals surface area contributed by atoms with Gasteiger partial charge in [-0.25, -0.2) is 9.38 Å². The monoisotopic (exact) mass is 530 g/mol. The van der Waals surface area contributed by atoms with Gasteiger partial charge in [-0.2, -0.15) is 5.10 Å². The first-order chi connectivity index (χ1) is 14.0. The van der Waals surface area contributed by atoms with Crippen LogP contribution in [0.15, 0.2) is 35.6 Å². The highest BCUT2D eigenvalue weighted by atomic mass is 127. The zero-order valence-corrected chi connectivity index (χ0v) is 19.8. The zero-order valence-electron chi connectivity index (χ0n) is 17.5. The van der Waals surface area contributed by atoms with E-state index in [9.17, 15) is 9.18 Å². The smallest absolute Gasteiger partial charge is 0.246 e. The molecule has 30 heavy (non-hydrogen) atoms. The molecule has 1 fully saturated rings. The number of hydrogen-bond donors (Lipinski definition) is 1. The highest BCUT2D eigenvalue weighted by Crippen LogP contribution is 2.19. The van der Waals surface area contributed by atoms with Crippen LogP contribution in [0.2, 0.25) is 0 Å². The van der Waals surface area contributed by atoms with E-state index in [1.54, 1.807) is 27.9 Å². The number of piperazine rings is 1. The van der Waals surface area contributed by atoms with E-state index in [0.29, 0.717) is 38.7 Å². The lowest BCUT2D eigenvalue weighted by atomic mass is 10.2. The van der Waals surface area contributed by atoms with Gasteiger partial charge < -0.3 is 19.9 Å². The summed E-state index contributed by atoms with van der Waals surface area (Å²) in [5, 5.41) is 7.35. The summed E-state index contributed by atoms with van der Waals surface area (Å²) in [5.74, 6) is 0.469. The highest BCUT2D eigenvalue weighted by Gasteiger charge is 2.27. The van der Waals surface area contributed by atoms with Crippen LogP contribution in [0.25, 0.3) is 0 Å². The molecule has 1 aromatic carbocycles. The van der Waals surface area contributed by atoms with Gasteiger partial charge in [-0.3, -0.25) is 9.48 Å². The Morgan fingerprint density at radius 1 is 1.33 bits per heavy atom. The number of aromatic nitrogens is 2. The van der Waals surface area contributed by atoms with Crippen LogP contribution in [0.5, 0.6) is 5.75 Å². The molecule has 1 N–H and O–H groups in total. The van der Waals surface area contributed by atoms with E-state index in [2.05, 4.69) is 15.4 Å². The summed E-state index contributed by atoms with van der Waals surface area (Å²) in [7, 11) is 1.82. The minimum absolute atomic E-state index is 0. The number of nitrogens with zero attached hydrogens (tertiary/aromatic N) is 5. The number of rotatable bonds is 6. The van der Waals surface area contributed by atoms with Crippen molar-refractivity contribution in [3.63, 3.8) is 0 Å². The van der Waals surface area contributed by atoms with Gasteiger partial charge in [-0.1, -0.05) is 6.07 Å². The molecule has 1 amide bonds. The lowest BCUT2D eigenvalue weighted by Crippen LogP contribution is -2.55. The second-order valence-electron chi connectivity index (χ2n) is 6.71. The molecule has 0 atom stereocenters. The molecule has 0 aliphatic carbocycles. The molecular weight excluding hydrogens is 502 g/mol. The predicted octanol–water partition coefficient (Wildman–Crippen LogP) is 2.39. The fourth-order valence-electron chi connectivity index (χ4n) is 3.18. The largest absolute Gasteiger partial charge is 0.491 e. The maximum absolute atomic E-state index is 14.1. The number of benzene rings is 1. The van der Waals surface area contributed by atoms with Gasteiger partial charge >= 0.3 is 0 Å². The number of halogens is 2. The Hall–Kier alpha value is -2.37. The fourth-order valence-corrected chi connectivity index (χ4v) is 3.18. The number of aliphatic imine (C=N–C) groups is 1. The number of nitrogens with one attached hydrogen (secondary N) is 1. The number of aryl methyl sites for hydroxylation is 1. The molecular formula is C20H28FIN6O2. The van der Waals surface area contributed by atoms with Crippen LogP contribution in [0.3, 0.4) is 0 Å². The van der Waals surface area contributed by atoms with Gasteiger partial charge in [-0.05, 0) is 31.5 Å². The van der Waals surface area contributed by atoms with E-state index in [-0.39, 0.29) is 42.2 Å². The Morgan fingerprint density at radius 2 is 2.13 bits per heavy atom. The van der Waals surface area contributed by atoms with Crippen molar-refractivity contribution < 1.29 is 13.9 Å². The molecule has 0 radical (unpaired) electrons. The first-order valence-corrected chi connectivity index (χ1v) is 9.75. The van der Waals surface area contributed by atoms with Gasteiger partial charge in [0.15, 0.2) is 17.5 Å². The molecule has 3 rings (SSSR count). The molecule has 1 aliphatic rings. The molecule has 2 heterocycles. The topological polar surface area (TPSA) is 75.0 Å². The van der Waals surface area contributed by atoms with Crippen molar-refractivity contribution in [1.29, 1.82) is 0 Å². The molecule has 8 nitrogen and oxygen atoms in total. The number of carbonyl (C=O) groups is 1. The minimum Gasteiger partial charge on any atom is -0.491 e. The van der Waals surface area contributed by atoms with E-state index >= 15 is 0 Å². The maximum Gasteiger partial charge on any atom is 0.246 e. The zero-order chi connectivity index (χ0) is 20.8. The first kappa shape index (κ1) is 23.9. The van der Waals surface area contributed by atoms with Crippen molar-refractivity contribution in [3.8, 4) is 5.75 Å². The van der Waals surface area contributed by atoms with Gasteiger partial charge in [-0.15, -0.1) is 24.0 Å². The average molecular weight is 530 g/mol. The van der Waals surface area contributed by atoms with Crippen LogP contribution in [-0.4, -0.2) is 59.3 Å². The predicted molar refractivity (Wildman–Crippen MR) is 125 cm³/mol. The molecule has 0 unspecified atom stereocenters. The molecule has 1 saturated heterocycles. The van der Waals surface area contributed by atoms with Crippen molar-refractivity contribution in [2.45, 2.75) is 20.4 Å². The van der Waals surface area contributed by atoms with Crippen molar-refractivity contribution in [2.75, 3.05) is 37.7 Å². The van der Waals surface area contributed by atoms with E-state index in [1.165, 1.54) is 6.07 Å². The van der Waals surface area contributed by atoms with Crippen LogP contribution in [-0.2, 0) is 18.4 Å². The summed E-state index contributed by atoms with van der Waals surface area (Å²) < 4.78 is 21.0.